The Hall–Kier alpha value is -1.91. The molecule has 1 aromatic carbocycles. The average molecular weight is 226 g/mol. The molecule has 0 aromatic heterocycles. The Bertz CT molecular complexity index is 440. The van der Waals surface area contributed by atoms with Gasteiger partial charge in [0.2, 0.25) is 0 Å². The number of phenolic OH excluding ortho intramolecular Hbond substituents is 1. The molecule has 0 fully saturated rings. The minimum atomic E-state index is -1.13. The third-order valence-corrected chi connectivity index (χ3v) is 1.99. The highest BCUT2D eigenvalue weighted by Gasteiger charge is 2.22. The summed E-state index contributed by atoms with van der Waals surface area (Å²) in [7, 11) is 0. The van der Waals surface area contributed by atoms with Crippen molar-refractivity contribution in [3.8, 4) is 5.75 Å². The van der Waals surface area contributed by atoms with Crippen molar-refractivity contribution in [2.75, 3.05) is 6.61 Å². The first-order chi connectivity index (χ1) is 7.47. The maximum absolute atomic E-state index is 13.3. The summed E-state index contributed by atoms with van der Waals surface area (Å²) in [6.45, 7) is 3.05. The van der Waals surface area contributed by atoms with Gasteiger partial charge in [-0.2, -0.15) is 0 Å². The number of ether oxygens (including phenoxy) is 1. The number of phenols is 1. The van der Waals surface area contributed by atoms with Crippen LogP contribution in [0, 0.1) is 12.7 Å². The van der Waals surface area contributed by atoms with Crippen LogP contribution in [-0.4, -0.2) is 23.5 Å². The number of aromatic hydroxyl groups is 1. The monoisotopic (exact) mass is 226 g/mol. The lowest BCUT2D eigenvalue weighted by molar-refractivity contribution is -0.137. The second kappa shape index (κ2) is 4.74. The number of hydrogen-bond donors (Lipinski definition) is 1. The highest BCUT2D eigenvalue weighted by molar-refractivity contribution is 6.40. The standard InChI is InChI=1S/C11H11FO4/c1-3-16-11(15)10(14)7-5-9(13)6(2)4-8(7)12/h4-5,13H,3H2,1-2H3. The fraction of sp³-hybridized carbons (Fsp3) is 0.273. The summed E-state index contributed by atoms with van der Waals surface area (Å²) >= 11 is 0. The van der Waals surface area contributed by atoms with Gasteiger partial charge in [-0.25, -0.2) is 9.18 Å². The van der Waals surface area contributed by atoms with E-state index in [4.69, 9.17) is 0 Å². The van der Waals surface area contributed by atoms with Crippen LogP contribution in [-0.2, 0) is 9.53 Å². The van der Waals surface area contributed by atoms with Crippen molar-refractivity contribution in [1.29, 1.82) is 0 Å². The van der Waals surface area contributed by atoms with Crippen molar-refractivity contribution < 1.29 is 23.8 Å². The highest BCUT2D eigenvalue weighted by atomic mass is 19.1. The molecule has 0 unspecified atom stereocenters. The van der Waals surface area contributed by atoms with E-state index < -0.39 is 23.1 Å². The van der Waals surface area contributed by atoms with Crippen molar-refractivity contribution in [2.24, 2.45) is 0 Å². The van der Waals surface area contributed by atoms with E-state index in [1.54, 1.807) is 0 Å². The fourth-order valence-electron chi connectivity index (χ4n) is 1.14. The molecule has 0 bridgehead atoms. The van der Waals surface area contributed by atoms with Crippen molar-refractivity contribution in [3.63, 3.8) is 0 Å². The van der Waals surface area contributed by atoms with Gasteiger partial charge >= 0.3 is 5.97 Å². The van der Waals surface area contributed by atoms with Crippen molar-refractivity contribution >= 4 is 11.8 Å². The van der Waals surface area contributed by atoms with Crippen LogP contribution in [0.15, 0.2) is 12.1 Å². The second-order valence-electron chi connectivity index (χ2n) is 3.17. The van der Waals surface area contributed by atoms with Crippen LogP contribution in [0.25, 0.3) is 0 Å². The summed E-state index contributed by atoms with van der Waals surface area (Å²) in [6, 6.07) is 1.91. The van der Waals surface area contributed by atoms with Crippen LogP contribution in [0.4, 0.5) is 4.39 Å². The quantitative estimate of drug-likeness (QED) is 0.483. The summed E-state index contributed by atoms with van der Waals surface area (Å²) in [5, 5.41) is 9.31. The number of carbonyl (C=O) groups is 2. The summed E-state index contributed by atoms with van der Waals surface area (Å²) in [4.78, 5) is 22.5. The lowest BCUT2D eigenvalue weighted by Crippen LogP contribution is -2.18. The van der Waals surface area contributed by atoms with Crippen molar-refractivity contribution in [1.82, 2.24) is 0 Å². The molecule has 0 saturated carbocycles. The van der Waals surface area contributed by atoms with Crippen LogP contribution < -0.4 is 0 Å². The van der Waals surface area contributed by atoms with Gasteiger partial charge in [0.15, 0.2) is 0 Å². The van der Waals surface area contributed by atoms with Crippen LogP contribution in [0.5, 0.6) is 5.75 Å². The number of carbonyl (C=O) groups excluding carboxylic acids is 2. The molecule has 1 aromatic rings. The van der Waals surface area contributed by atoms with Gasteiger partial charge < -0.3 is 9.84 Å². The normalized spacial score (nSPS) is 9.94. The van der Waals surface area contributed by atoms with Crippen molar-refractivity contribution in [2.45, 2.75) is 13.8 Å². The smallest absolute Gasteiger partial charge is 0.379 e. The Morgan fingerprint density at radius 3 is 2.62 bits per heavy atom. The van der Waals surface area contributed by atoms with Gasteiger partial charge in [-0.3, -0.25) is 4.79 Å². The average Bonchev–Trinajstić information content (AvgIpc) is 2.23. The Balaban J connectivity index is 3.09. The van der Waals surface area contributed by atoms with Gasteiger partial charge in [-0.15, -0.1) is 0 Å². The molecule has 1 N–H and O–H groups in total. The molecule has 0 aliphatic rings. The molecule has 86 valence electrons. The Labute approximate surface area is 91.7 Å². The summed E-state index contributed by atoms with van der Waals surface area (Å²) < 4.78 is 17.8. The minimum Gasteiger partial charge on any atom is -0.508 e. The van der Waals surface area contributed by atoms with E-state index in [2.05, 4.69) is 4.74 Å². The maximum Gasteiger partial charge on any atom is 0.379 e. The molecule has 0 radical (unpaired) electrons. The number of aryl methyl sites for hydroxylation is 1. The molecule has 5 heteroatoms. The predicted octanol–water partition coefficient (Wildman–Crippen LogP) is 1.59. The maximum atomic E-state index is 13.3. The second-order valence-corrected chi connectivity index (χ2v) is 3.17. The largest absolute Gasteiger partial charge is 0.508 e. The summed E-state index contributed by atoms with van der Waals surface area (Å²) in [5.74, 6) is -3.33. The molecule has 0 aliphatic heterocycles. The van der Waals surface area contributed by atoms with Crippen LogP contribution in [0.3, 0.4) is 0 Å². The topological polar surface area (TPSA) is 63.6 Å². The van der Waals surface area contributed by atoms with E-state index in [1.807, 2.05) is 0 Å². The molecule has 0 aliphatic carbocycles. The van der Waals surface area contributed by atoms with E-state index in [0.717, 1.165) is 12.1 Å². The van der Waals surface area contributed by atoms with Crippen LogP contribution in [0.1, 0.15) is 22.8 Å². The number of ketones is 1. The predicted molar refractivity (Wildman–Crippen MR) is 53.8 cm³/mol. The zero-order chi connectivity index (χ0) is 12.3. The summed E-state index contributed by atoms with van der Waals surface area (Å²) in [5.41, 5.74) is -0.195. The lowest BCUT2D eigenvalue weighted by Gasteiger charge is -2.05. The summed E-state index contributed by atoms with van der Waals surface area (Å²) in [6.07, 6.45) is 0. The van der Waals surface area contributed by atoms with Crippen molar-refractivity contribution in [3.05, 3.63) is 29.1 Å². The molecule has 0 atom stereocenters. The zero-order valence-corrected chi connectivity index (χ0v) is 8.91. The molecular weight excluding hydrogens is 215 g/mol. The van der Waals surface area contributed by atoms with Gasteiger partial charge in [-0.1, -0.05) is 0 Å². The van der Waals surface area contributed by atoms with Gasteiger partial charge in [0, 0.05) is 0 Å². The van der Waals surface area contributed by atoms with E-state index >= 15 is 0 Å². The Morgan fingerprint density at radius 1 is 1.44 bits per heavy atom. The molecule has 0 saturated heterocycles. The Morgan fingerprint density at radius 2 is 2.06 bits per heavy atom. The van der Waals surface area contributed by atoms with Gasteiger partial charge in [-0.05, 0) is 31.5 Å². The molecule has 0 amide bonds. The van der Waals surface area contributed by atoms with Crippen LogP contribution in [0.2, 0.25) is 0 Å². The number of rotatable bonds is 3. The molecule has 4 nitrogen and oxygen atoms in total. The minimum absolute atomic E-state index is 0.0318. The first kappa shape index (κ1) is 12.2. The third kappa shape index (κ3) is 2.36. The van der Waals surface area contributed by atoms with E-state index in [0.29, 0.717) is 0 Å². The van der Waals surface area contributed by atoms with Gasteiger partial charge in [0.1, 0.15) is 11.6 Å². The zero-order valence-electron chi connectivity index (χ0n) is 8.91. The fourth-order valence-corrected chi connectivity index (χ4v) is 1.14. The van der Waals surface area contributed by atoms with E-state index in [-0.39, 0.29) is 17.9 Å². The molecular formula is C11H11FO4. The van der Waals surface area contributed by atoms with Gasteiger partial charge in [0.25, 0.3) is 5.78 Å². The third-order valence-electron chi connectivity index (χ3n) is 1.99. The van der Waals surface area contributed by atoms with Gasteiger partial charge in [0.05, 0.1) is 12.2 Å². The highest BCUT2D eigenvalue weighted by Crippen LogP contribution is 2.21. The molecule has 1 rings (SSSR count). The number of Topliss-reactive ketones (excluding diaryl/α,β-unsaturated/α-hetero) is 1. The lowest BCUT2D eigenvalue weighted by atomic mass is 10.1. The number of hydrogen-bond acceptors (Lipinski definition) is 4. The molecule has 0 spiro atoms. The first-order valence-corrected chi connectivity index (χ1v) is 4.68. The van der Waals surface area contributed by atoms with Crippen LogP contribution >= 0.6 is 0 Å². The first-order valence-electron chi connectivity index (χ1n) is 4.68. The molecule has 16 heavy (non-hydrogen) atoms. The SMILES string of the molecule is CCOC(=O)C(=O)c1cc(O)c(C)cc1F. The van der Waals surface area contributed by atoms with E-state index in [1.165, 1.54) is 13.8 Å². The number of benzene rings is 1. The number of halogens is 1. The number of esters is 1. The van der Waals surface area contributed by atoms with E-state index in [9.17, 15) is 19.1 Å². The Kier molecular flexibility index (Phi) is 3.60. The molecule has 0 heterocycles.